The van der Waals surface area contributed by atoms with Crippen LogP contribution in [-0.4, -0.2) is 108 Å². The van der Waals surface area contributed by atoms with Crippen molar-refractivity contribution in [2.75, 3.05) is 33.9 Å². The van der Waals surface area contributed by atoms with Gasteiger partial charge in [0.1, 0.15) is 12.5 Å². The maximum absolute atomic E-state index is 13.7. The summed E-state index contributed by atoms with van der Waals surface area (Å²) in [7, 11) is 3.51. The predicted molar refractivity (Wildman–Crippen MR) is 101 cm³/mol. The van der Waals surface area contributed by atoms with Gasteiger partial charge < -0.3 is 24.2 Å². The van der Waals surface area contributed by atoms with Gasteiger partial charge in [0.05, 0.1) is 49.7 Å². The van der Waals surface area contributed by atoms with Crippen LogP contribution < -0.4 is 0 Å². The second-order valence-corrected chi connectivity index (χ2v) is 9.57. The SMILES string of the molecule is COC1=C(C)C(=O)C2(O)C(=C3COC4C5CC6C(C(C2N2CCOC62)N34)N5C)C1=O. The average molecular weight is 415 g/mol. The first kappa shape index (κ1) is 17.9. The third kappa shape index (κ3) is 1.63. The zero-order valence-corrected chi connectivity index (χ0v) is 17.2. The van der Waals surface area contributed by atoms with E-state index in [9.17, 15) is 14.7 Å². The summed E-state index contributed by atoms with van der Waals surface area (Å²) in [4.78, 5) is 33.9. The third-order valence-electron chi connectivity index (χ3n) is 8.70. The number of ether oxygens (including phenoxy) is 3. The minimum absolute atomic E-state index is 0.0223. The summed E-state index contributed by atoms with van der Waals surface area (Å²) in [6.07, 6.45) is 0.597. The number of hydrogen-bond acceptors (Lipinski definition) is 9. The lowest BCUT2D eigenvalue weighted by molar-refractivity contribution is -0.193. The highest BCUT2D eigenvalue weighted by Gasteiger charge is 2.74. The number of fused-ring (bicyclic) bond motifs is 7. The molecule has 9 nitrogen and oxygen atoms in total. The fourth-order valence-corrected chi connectivity index (χ4v) is 7.72. The molecule has 8 unspecified atom stereocenters. The molecule has 30 heavy (non-hydrogen) atoms. The number of aliphatic hydroxyl groups is 1. The van der Waals surface area contributed by atoms with Gasteiger partial charge >= 0.3 is 0 Å². The molecular weight excluding hydrogens is 390 g/mol. The lowest BCUT2D eigenvalue weighted by Crippen LogP contribution is -2.81. The lowest BCUT2D eigenvalue weighted by atomic mass is 9.63. The Bertz CT molecular complexity index is 976. The van der Waals surface area contributed by atoms with Gasteiger partial charge in [0.2, 0.25) is 5.78 Å². The summed E-state index contributed by atoms with van der Waals surface area (Å²) in [6, 6.07) is -0.380. The van der Waals surface area contributed by atoms with Crippen molar-refractivity contribution >= 4 is 11.6 Å². The highest BCUT2D eigenvalue weighted by atomic mass is 16.5. The second-order valence-electron chi connectivity index (χ2n) is 9.57. The number of Topliss-reactive ketones (excluding diaryl/α,β-unsaturated/α-hetero) is 2. The molecule has 0 spiro atoms. The van der Waals surface area contributed by atoms with Gasteiger partial charge in [-0.25, -0.2) is 0 Å². The number of carbonyl (C=O) groups excluding carboxylic acids is 2. The maximum Gasteiger partial charge on any atom is 0.229 e. The van der Waals surface area contributed by atoms with Crippen LogP contribution in [0.15, 0.2) is 22.6 Å². The molecule has 2 bridgehead atoms. The van der Waals surface area contributed by atoms with E-state index in [2.05, 4.69) is 21.7 Å². The van der Waals surface area contributed by atoms with Crippen LogP contribution in [0, 0.1) is 5.92 Å². The summed E-state index contributed by atoms with van der Waals surface area (Å²) in [6.45, 7) is 2.99. The number of likely N-dealkylation sites (N-methyl/N-ethyl adjacent to an activating group) is 1. The van der Waals surface area contributed by atoms with Crippen LogP contribution in [0.1, 0.15) is 13.3 Å². The molecular formula is C21H25N3O6. The first-order valence-corrected chi connectivity index (χ1v) is 10.7. The number of hydrogen-bond donors (Lipinski definition) is 1. The molecule has 0 radical (unpaired) electrons. The summed E-state index contributed by atoms with van der Waals surface area (Å²) in [5, 5.41) is 12.2. The van der Waals surface area contributed by atoms with Crippen LogP contribution in [0.4, 0.5) is 0 Å². The topological polar surface area (TPSA) is 91.8 Å². The van der Waals surface area contributed by atoms with Gasteiger partial charge in [0.25, 0.3) is 0 Å². The molecule has 0 aromatic heterocycles. The first-order valence-electron chi connectivity index (χ1n) is 10.7. The fraction of sp³-hybridized carbons (Fsp3) is 0.714. The Morgan fingerprint density at radius 2 is 2.00 bits per heavy atom. The standard InChI is InChI=1S/C21H25N3O6/c1-8-16(28-3)15(25)12-11-7-30-20-10-6-9-13(22(10)2)14(24(11)20)17(21(12,27)18(8)26)23-4-5-29-19(9)23/h9-10,13-14,17,19-20,27H,4-7H2,1-3H3. The van der Waals surface area contributed by atoms with Gasteiger partial charge in [-0.15, -0.1) is 0 Å². The van der Waals surface area contributed by atoms with Crippen LogP contribution in [-0.2, 0) is 23.8 Å². The molecule has 0 amide bonds. The van der Waals surface area contributed by atoms with Crippen LogP contribution in [0.5, 0.6) is 0 Å². The van der Waals surface area contributed by atoms with Crippen molar-refractivity contribution in [3.05, 3.63) is 22.6 Å². The molecule has 6 heterocycles. The Balaban J connectivity index is 1.54. The van der Waals surface area contributed by atoms with Crippen LogP contribution in [0.2, 0.25) is 0 Å². The number of carbonyl (C=O) groups is 2. The van der Waals surface area contributed by atoms with Gasteiger partial charge in [-0.1, -0.05) is 0 Å². The molecule has 1 aliphatic carbocycles. The Morgan fingerprint density at radius 1 is 1.20 bits per heavy atom. The Hall–Kier alpha value is -1.78. The van der Waals surface area contributed by atoms with E-state index in [4.69, 9.17) is 14.2 Å². The minimum Gasteiger partial charge on any atom is -0.492 e. The van der Waals surface area contributed by atoms with Gasteiger partial charge in [0.15, 0.2) is 17.1 Å². The van der Waals surface area contributed by atoms with E-state index in [1.165, 1.54) is 7.11 Å². The Morgan fingerprint density at radius 3 is 2.77 bits per heavy atom. The zero-order chi connectivity index (χ0) is 20.7. The molecule has 0 saturated carbocycles. The van der Waals surface area contributed by atoms with Crippen molar-refractivity contribution in [1.82, 2.24) is 14.7 Å². The third-order valence-corrected chi connectivity index (χ3v) is 8.70. The van der Waals surface area contributed by atoms with E-state index < -0.39 is 23.2 Å². The Labute approximate surface area is 173 Å². The fourth-order valence-electron chi connectivity index (χ4n) is 7.72. The van der Waals surface area contributed by atoms with E-state index in [1.54, 1.807) is 6.92 Å². The molecule has 9 heteroatoms. The number of allylic oxidation sites excluding steroid dienone is 1. The highest BCUT2D eigenvalue weighted by molar-refractivity contribution is 6.24. The van der Waals surface area contributed by atoms with Crippen molar-refractivity contribution in [2.24, 2.45) is 5.92 Å². The number of methoxy groups -OCH3 is 1. The molecule has 0 aromatic rings. The monoisotopic (exact) mass is 415 g/mol. The molecule has 5 saturated heterocycles. The minimum atomic E-state index is -1.93. The molecule has 7 rings (SSSR count). The molecule has 7 aliphatic rings. The molecule has 5 fully saturated rings. The van der Waals surface area contributed by atoms with E-state index in [0.717, 1.165) is 6.42 Å². The predicted octanol–water partition coefficient (Wildman–Crippen LogP) is -1.17. The van der Waals surface area contributed by atoms with E-state index in [0.29, 0.717) is 18.8 Å². The van der Waals surface area contributed by atoms with E-state index in [-0.39, 0.29) is 60.0 Å². The maximum atomic E-state index is 13.7. The summed E-state index contributed by atoms with van der Waals surface area (Å²) in [5.41, 5.74) is -0.936. The number of nitrogens with zero attached hydrogens (tertiary/aromatic N) is 3. The van der Waals surface area contributed by atoms with Crippen LogP contribution in [0.3, 0.4) is 0 Å². The van der Waals surface area contributed by atoms with Crippen LogP contribution >= 0.6 is 0 Å². The highest BCUT2D eigenvalue weighted by Crippen LogP contribution is 2.58. The largest absolute Gasteiger partial charge is 0.492 e. The van der Waals surface area contributed by atoms with Crippen molar-refractivity contribution in [3.63, 3.8) is 0 Å². The Kier molecular flexibility index (Phi) is 3.18. The normalized spacial score (nSPS) is 49.2. The smallest absolute Gasteiger partial charge is 0.229 e. The molecule has 0 aromatic carbocycles. The van der Waals surface area contributed by atoms with Crippen molar-refractivity contribution in [3.8, 4) is 0 Å². The molecule has 160 valence electrons. The number of ketones is 2. The average Bonchev–Trinajstić information content (AvgIpc) is 3.41. The summed E-state index contributed by atoms with van der Waals surface area (Å²) in [5.74, 6) is -0.541. The van der Waals surface area contributed by atoms with Gasteiger partial charge in [-0.3, -0.25) is 19.4 Å². The van der Waals surface area contributed by atoms with Gasteiger partial charge in [0, 0.05) is 24.1 Å². The second kappa shape index (κ2) is 5.34. The van der Waals surface area contributed by atoms with Crippen molar-refractivity contribution in [1.29, 1.82) is 0 Å². The van der Waals surface area contributed by atoms with E-state index >= 15 is 0 Å². The van der Waals surface area contributed by atoms with Crippen LogP contribution in [0.25, 0.3) is 0 Å². The van der Waals surface area contributed by atoms with Crippen molar-refractivity contribution < 1.29 is 28.9 Å². The number of rotatable bonds is 1. The zero-order valence-electron chi connectivity index (χ0n) is 17.2. The van der Waals surface area contributed by atoms with Gasteiger partial charge in [-0.2, -0.15) is 0 Å². The molecule has 8 atom stereocenters. The lowest BCUT2D eigenvalue weighted by Gasteiger charge is -2.62. The summed E-state index contributed by atoms with van der Waals surface area (Å²) >= 11 is 0. The first-order chi connectivity index (χ1) is 14.4. The molecule has 6 aliphatic heterocycles. The van der Waals surface area contributed by atoms with E-state index in [1.807, 2.05) is 0 Å². The quantitative estimate of drug-likeness (QED) is 0.569. The number of piperidine rings is 1. The van der Waals surface area contributed by atoms with Gasteiger partial charge in [-0.05, 0) is 20.4 Å². The van der Waals surface area contributed by atoms with Crippen molar-refractivity contribution in [2.45, 2.75) is 55.6 Å². The number of piperazine rings is 1. The molecule has 1 N–H and O–H groups in total. The summed E-state index contributed by atoms with van der Waals surface area (Å²) < 4.78 is 17.7.